The van der Waals surface area contributed by atoms with E-state index >= 15 is 0 Å². The number of ether oxygens (including phenoxy) is 8. The molecule has 3 heterocycles. The third-order valence-electron chi connectivity index (χ3n) is 12.6. The second-order valence-electron chi connectivity index (χ2n) is 17.5. The maximum absolute atomic E-state index is 14.3. The fourth-order valence-corrected chi connectivity index (χ4v) is 8.88. The number of methoxy groups -OCH3 is 2. The predicted octanol–water partition coefficient (Wildman–Crippen LogP) is 3.09. The molecule has 0 radical (unpaired) electrons. The minimum absolute atomic E-state index is 0.0588. The average Bonchev–Trinajstić information content (AvgIpc) is 3.15. The zero-order chi connectivity index (χ0) is 43.0. The monoisotopic (exact) mass is 821 g/mol. The van der Waals surface area contributed by atoms with Crippen molar-refractivity contribution in [2.45, 2.75) is 174 Å². The predicted molar refractivity (Wildman–Crippen MR) is 211 cm³/mol. The van der Waals surface area contributed by atoms with Crippen molar-refractivity contribution in [2.24, 2.45) is 34.7 Å². The van der Waals surface area contributed by atoms with Gasteiger partial charge in [-0.15, -0.1) is 0 Å². The smallest absolute Gasteiger partial charge is 0.311 e. The Labute approximate surface area is 340 Å². The number of hydrogen-bond donors (Lipinski definition) is 4. The third kappa shape index (κ3) is 12.5. The van der Waals surface area contributed by atoms with Crippen molar-refractivity contribution in [3.05, 3.63) is 0 Å². The van der Waals surface area contributed by atoms with E-state index in [4.69, 9.17) is 42.7 Å². The number of rotatable bonds is 13. The van der Waals surface area contributed by atoms with E-state index in [0.717, 1.165) is 0 Å². The van der Waals surface area contributed by atoms with Crippen molar-refractivity contribution in [3.63, 3.8) is 0 Å². The van der Waals surface area contributed by atoms with Gasteiger partial charge in [0.15, 0.2) is 12.6 Å². The number of cyclic esters (lactones) is 1. The van der Waals surface area contributed by atoms with Crippen LogP contribution in [0.2, 0.25) is 0 Å². The molecule has 3 rings (SSSR count). The highest BCUT2D eigenvalue weighted by Crippen LogP contribution is 2.40. The van der Waals surface area contributed by atoms with Crippen molar-refractivity contribution in [1.82, 2.24) is 4.90 Å². The number of hydrogen-bond acceptors (Lipinski definition) is 16. The van der Waals surface area contributed by atoms with Crippen LogP contribution in [0.5, 0.6) is 0 Å². The molecule has 3 saturated heterocycles. The van der Waals surface area contributed by atoms with Gasteiger partial charge in [-0.25, -0.2) is 0 Å². The van der Waals surface area contributed by atoms with Crippen LogP contribution in [-0.4, -0.2) is 164 Å². The van der Waals surface area contributed by atoms with Gasteiger partial charge < -0.3 is 68.1 Å². The van der Waals surface area contributed by atoms with E-state index < -0.39 is 102 Å². The van der Waals surface area contributed by atoms with Crippen LogP contribution in [0.25, 0.3) is 0 Å². The lowest BCUT2D eigenvalue weighted by Gasteiger charge is -2.49. The van der Waals surface area contributed by atoms with Gasteiger partial charge in [-0.2, -0.15) is 0 Å². The summed E-state index contributed by atoms with van der Waals surface area (Å²) in [6.45, 7) is 18.5. The lowest BCUT2D eigenvalue weighted by molar-refractivity contribution is -0.317. The Hall–Kier alpha value is -1.54. The zero-order valence-corrected chi connectivity index (χ0v) is 37.0. The molecule has 16 heteroatoms. The molecule has 0 bridgehead atoms. The number of carbonyl (C=O) groups excluding carboxylic acids is 1. The fraction of sp³-hybridized carbons (Fsp3) is 0.951. The van der Waals surface area contributed by atoms with Crippen molar-refractivity contribution in [1.29, 1.82) is 0 Å². The normalized spacial score (nSPS) is 45.1. The highest BCUT2D eigenvalue weighted by molar-refractivity contribution is 5.88. The van der Waals surface area contributed by atoms with Crippen LogP contribution < -0.4 is 0 Å². The van der Waals surface area contributed by atoms with Gasteiger partial charge in [0.05, 0.1) is 66.6 Å². The molecule has 0 aromatic carbocycles. The molecule has 0 amide bonds. The van der Waals surface area contributed by atoms with Crippen LogP contribution >= 0.6 is 0 Å². The lowest BCUT2D eigenvalue weighted by atomic mass is 9.74. The topological polar surface area (TPSA) is 197 Å². The van der Waals surface area contributed by atoms with E-state index in [1.807, 2.05) is 60.5 Å². The van der Waals surface area contributed by atoms with Gasteiger partial charge in [0, 0.05) is 50.4 Å². The number of carbonyl (C=O) groups is 1. The summed E-state index contributed by atoms with van der Waals surface area (Å²) in [6.07, 6.45) is -7.70. The van der Waals surface area contributed by atoms with Gasteiger partial charge >= 0.3 is 5.97 Å². The second kappa shape index (κ2) is 21.8. The summed E-state index contributed by atoms with van der Waals surface area (Å²) in [7, 11) is 6.84. The first-order valence-electron chi connectivity index (χ1n) is 20.7. The van der Waals surface area contributed by atoms with Gasteiger partial charge in [0.1, 0.15) is 18.3 Å². The number of nitrogens with zero attached hydrogens (tertiary/aromatic N) is 2. The summed E-state index contributed by atoms with van der Waals surface area (Å²) in [4.78, 5) is 21.8. The van der Waals surface area contributed by atoms with Gasteiger partial charge in [-0.3, -0.25) is 4.79 Å². The third-order valence-corrected chi connectivity index (χ3v) is 12.6. The average molecular weight is 821 g/mol. The summed E-state index contributed by atoms with van der Waals surface area (Å²) in [6, 6.07) is -0.301. The highest BCUT2D eigenvalue weighted by atomic mass is 16.7. The van der Waals surface area contributed by atoms with Gasteiger partial charge in [0.25, 0.3) is 0 Å². The number of aliphatic hydroxyl groups is 4. The molecule has 3 fully saturated rings. The minimum Gasteiger partial charge on any atom is -0.462 e. The number of oxime groups is 1. The standard InChI is InChI=1S/C41H76N2O14/c1-15-30-24(4)33(44)25(5)32(42-52-21-51-17-16-49-13)22(2)19-40(9,48)37(57-39-34(45)29(43(11)12)18-23(3)53-39)26(6)35(27(7)38(47)55-30)56-31-20-41(10,50-14)36(46)28(8)54-31/h22-31,33-37,39,44-46,48H,15-21H2,1-14H3/b42-32+/t22-,23-,24+,25+,26+,27-,28+,29+,30?,31+,33+,34-,35?,36+,37-,39+,40-,41-/m1/s1. The highest BCUT2D eigenvalue weighted by Gasteiger charge is 2.52. The Morgan fingerprint density at radius 1 is 0.895 bits per heavy atom. The van der Waals surface area contributed by atoms with Gasteiger partial charge in [0.2, 0.25) is 6.79 Å². The largest absolute Gasteiger partial charge is 0.462 e. The zero-order valence-electron chi connectivity index (χ0n) is 37.0. The Kier molecular flexibility index (Phi) is 19.1. The van der Waals surface area contributed by atoms with Crippen molar-refractivity contribution >= 4 is 11.7 Å². The molecule has 2 unspecified atom stereocenters. The molecule has 0 aliphatic carbocycles. The first-order chi connectivity index (χ1) is 26.6. The number of likely N-dealkylation sites (N-methyl/N-ethyl adjacent to an activating group) is 1. The van der Waals surface area contributed by atoms with E-state index in [1.54, 1.807) is 34.8 Å². The summed E-state index contributed by atoms with van der Waals surface area (Å²) < 4.78 is 48.4. The SMILES string of the molecule is CCC1OC(=O)[C@H](C)C(O[C@H]2C[C@@](C)(OC)[C@@H](O)[C@H](C)O2)[C@H](C)[C@@H](O[C@@H]2O[C@H](C)C[C@H](N(C)C)[C@H]2O)[C@](C)(O)C[C@@H](C)/C(=N\OCOCCOC)[C@H](C)[C@@H](O)[C@H]1C. The molecular formula is C41H76N2O14. The van der Waals surface area contributed by atoms with E-state index in [0.29, 0.717) is 31.8 Å². The van der Waals surface area contributed by atoms with E-state index in [2.05, 4.69) is 5.16 Å². The lowest BCUT2D eigenvalue weighted by Crippen LogP contribution is -2.60. The summed E-state index contributed by atoms with van der Waals surface area (Å²) in [5.41, 5.74) is -2.25. The molecule has 18 atom stereocenters. The van der Waals surface area contributed by atoms with E-state index in [1.165, 1.54) is 7.11 Å². The van der Waals surface area contributed by atoms with Crippen molar-refractivity contribution in [3.8, 4) is 0 Å². The Balaban J connectivity index is 2.19. The summed E-state index contributed by atoms with van der Waals surface area (Å²) in [5, 5.41) is 51.7. The van der Waals surface area contributed by atoms with Crippen LogP contribution in [0.15, 0.2) is 5.16 Å². The Morgan fingerprint density at radius 3 is 2.16 bits per heavy atom. The molecule has 334 valence electrons. The fourth-order valence-electron chi connectivity index (χ4n) is 8.88. The van der Waals surface area contributed by atoms with Crippen LogP contribution in [-0.2, 0) is 47.5 Å². The maximum atomic E-state index is 14.3. The number of esters is 1. The van der Waals surface area contributed by atoms with Gasteiger partial charge in [-0.05, 0) is 68.0 Å². The first kappa shape index (κ1) is 49.8. The molecule has 3 aliphatic rings. The summed E-state index contributed by atoms with van der Waals surface area (Å²) >= 11 is 0. The molecule has 0 aromatic rings. The van der Waals surface area contributed by atoms with Crippen molar-refractivity contribution < 1.29 is 68.0 Å². The van der Waals surface area contributed by atoms with E-state index in [9.17, 15) is 25.2 Å². The number of aliphatic hydroxyl groups excluding tert-OH is 3. The first-order valence-corrected chi connectivity index (χ1v) is 20.7. The molecular weight excluding hydrogens is 744 g/mol. The van der Waals surface area contributed by atoms with Crippen LogP contribution in [0.3, 0.4) is 0 Å². The van der Waals surface area contributed by atoms with Crippen LogP contribution in [0.1, 0.15) is 94.9 Å². The quantitative estimate of drug-likeness (QED) is 0.0915. The Morgan fingerprint density at radius 2 is 1.56 bits per heavy atom. The van der Waals surface area contributed by atoms with Gasteiger partial charge in [-0.1, -0.05) is 39.8 Å². The second-order valence-corrected chi connectivity index (χ2v) is 17.5. The van der Waals surface area contributed by atoms with E-state index in [-0.39, 0.29) is 31.8 Å². The maximum Gasteiger partial charge on any atom is 0.311 e. The minimum atomic E-state index is -1.69. The molecule has 0 aromatic heterocycles. The molecule has 0 saturated carbocycles. The van der Waals surface area contributed by atoms with Crippen molar-refractivity contribution in [2.75, 3.05) is 48.3 Å². The molecule has 3 aliphatic heterocycles. The van der Waals surface area contributed by atoms with Crippen LogP contribution in [0, 0.1) is 29.6 Å². The Bertz CT molecular complexity index is 1260. The summed E-state index contributed by atoms with van der Waals surface area (Å²) in [5.74, 6) is -3.88. The van der Waals surface area contributed by atoms with Crippen LogP contribution in [0.4, 0.5) is 0 Å². The molecule has 57 heavy (non-hydrogen) atoms. The molecule has 16 nitrogen and oxygen atoms in total. The molecule has 0 spiro atoms. The molecule has 4 N–H and O–H groups in total.